The summed E-state index contributed by atoms with van der Waals surface area (Å²) in [4.78, 5) is 0. The number of nitrogens with zero attached hydrogens (tertiary/aromatic N) is 1. The fourth-order valence-corrected chi connectivity index (χ4v) is 1.44. The van der Waals surface area contributed by atoms with Crippen LogP contribution in [0.2, 0.25) is 5.02 Å². The van der Waals surface area contributed by atoms with E-state index in [9.17, 15) is 0 Å². The summed E-state index contributed by atoms with van der Waals surface area (Å²) in [5.41, 5.74) is 0.878. The van der Waals surface area contributed by atoms with Crippen LogP contribution < -0.4 is 10.1 Å². The highest BCUT2D eigenvalue weighted by molar-refractivity contribution is 6.31. The maximum atomic E-state index is 8.63. The molecule has 1 N–H and O–H groups in total. The van der Waals surface area contributed by atoms with Crippen LogP contribution in [0, 0.1) is 11.3 Å². The van der Waals surface area contributed by atoms with Crippen molar-refractivity contribution in [3.63, 3.8) is 0 Å². The maximum Gasteiger partial charge on any atom is 0.124 e. The van der Waals surface area contributed by atoms with Crippen molar-refractivity contribution in [1.29, 1.82) is 5.26 Å². The van der Waals surface area contributed by atoms with Gasteiger partial charge in [0, 0.05) is 17.1 Å². The van der Waals surface area contributed by atoms with E-state index in [0.717, 1.165) is 11.3 Å². The van der Waals surface area contributed by atoms with Gasteiger partial charge < -0.3 is 4.74 Å². The summed E-state index contributed by atoms with van der Waals surface area (Å²) in [6.45, 7) is 2.32. The summed E-state index contributed by atoms with van der Waals surface area (Å²) in [6, 6.07) is 7.38. The molecule has 0 aromatic heterocycles. The van der Waals surface area contributed by atoms with Gasteiger partial charge in [-0.1, -0.05) is 17.7 Å². The molecule has 1 rings (SSSR count). The van der Waals surface area contributed by atoms with Gasteiger partial charge >= 0.3 is 0 Å². The molecule has 0 saturated carbocycles. The molecular weight excluding hydrogens is 212 g/mol. The number of halogens is 1. The number of nitriles is 1. The van der Waals surface area contributed by atoms with Crippen LogP contribution in [0.1, 0.15) is 12.5 Å². The number of nitrogens with one attached hydrogen (secondary N) is 1. The third-order valence-corrected chi connectivity index (χ3v) is 2.43. The van der Waals surface area contributed by atoms with Gasteiger partial charge in [0.1, 0.15) is 5.75 Å². The van der Waals surface area contributed by atoms with E-state index in [1.807, 2.05) is 12.1 Å². The van der Waals surface area contributed by atoms with Crippen LogP contribution in [0.25, 0.3) is 0 Å². The standard InChI is InChI=1S/C11H13ClN2O/c1-8(6-13)14-7-9-10(12)4-3-5-11(9)15-2/h3-5,8,14H,7H2,1-2H3. The van der Waals surface area contributed by atoms with Crippen molar-refractivity contribution in [2.75, 3.05) is 7.11 Å². The normalized spacial score (nSPS) is 11.9. The molecule has 15 heavy (non-hydrogen) atoms. The Hall–Kier alpha value is -1.24. The maximum absolute atomic E-state index is 8.63. The van der Waals surface area contributed by atoms with E-state index >= 15 is 0 Å². The first-order chi connectivity index (χ1) is 7.19. The molecule has 4 heteroatoms. The highest BCUT2D eigenvalue weighted by Gasteiger charge is 2.08. The summed E-state index contributed by atoms with van der Waals surface area (Å²) in [6.07, 6.45) is 0. The Balaban J connectivity index is 2.80. The highest BCUT2D eigenvalue weighted by atomic mass is 35.5. The van der Waals surface area contributed by atoms with Crippen molar-refractivity contribution in [1.82, 2.24) is 5.32 Å². The molecule has 3 nitrogen and oxygen atoms in total. The number of hydrogen-bond acceptors (Lipinski definition) is 3. The molecule has 1 atom stereocenters. The minimum Gasteiger partial charge on any atom is -0.496 e. The zero-order valence-corrected chi connectivity index (χ0v) is 9.51. The zero-order chi connectivity index (χ0) is 11.3. The summed E-state index contributed by atoms with van der Waals surface area (Å²) >= 11 is 6.03. The Morgan fingerprint density at radius 3 is 2.93 bits per heavy atom. The molecule has 1 aromatic rings. The van der Waals surface area contributed by atoms with Crippen molar-refractivity contribution >= 4 is 11.6 Å². The van der Waals surface area contributed by atoms with Gasteiger partial charge in [0.05, 0.1) is 19.2 Å². The minimum absolute atomic E-state index is 0.203. The molecule has 1 unspecified atom stereocenters. The SMILES string of the molecule is COc1cccc(Cl)c1CNC(C)C#N. The van der Waals surface area contributed by atoms with Gasteiger partial charge in [-0.05, 0) is 19.1 Å². The summed E-state index contributed by atoms with van der Waals surface area (Å²) in [5, 5.41) is 12.3. The number of rotatable bonds is 4. The molecule has 0 aliphatic carbocycles. The number of hydrogen-bond donors (Lipinski definition) is 1. The number of ether oxygens (including phenoxy) is 1. The molecule has 0 radical (unpaired) electrons. The molecule has 0 fully saturated rings. The average molecular weight is 225 g/mol. The lowest BCUT2D eigenvalue weighted by atomic mass is 10.2. The van der Waals surface area contributed by atoms with Gasteiger partial charge in [-0.15, -0.1) is 0 Å². The van der Waals surface area contributed by atoms with Gasteiger partial charge in [-0.2, -0.15) is 5.26 Å². The van der Waals surface area contributed by atoms with Gasteiger partial charge in [-0.3, -0.25) is 5.32 Å². The smallest absolute Gasteiger partial charge is 0.124 e. The largest absolute Gasteiger partial charge is 0.496 e. The Morgan fingerprint density at radius 1 is 1.60 bits per heavy atom. The third kappa shape index (κ3) is 3.12. The van der Waals surface area contributed by atoms with E-state index in [4.69, 9.17) is 21.6 Å². The van der Waals surface area contributed by atoms with Gasteiger partial charge in [0.2, 0.25) is 0 Å². The number of benzene rings is 1. The van der Waals surface area contributed by atoms with E-state index in [1.165, 1.54) is 0 Å². The lowest BCUT2D eigenvalue weighted by Gasteiger charge is -2.11. The third-order valence-electron chi connectivity index (χ3n) is 2.07. The molecular formula is C11H13ClN2O. The first-order valence-electron chi connectivity index (χ1n) is 4.63. The van der Waals surface area contributed by atoms with Crippen molar-refractivity contribution in [3.8, 4) is 11.8 Å². The van der Waals surface area contributed by atoms with Crippen molar-refractivity contribution in [2.45, 2.75) is 19.5 Å². The van der Waals surface area contributed by atoms with Crippen LogP contribution in [0.5, 0.6) is 5.75 Å². The summed E-state index contributed by atoms with van der Waals surface area (Å²) in [7, 11) is 1.60. The Labute approximate surface area is 94.6 Å². The first kappa shape index (κ1) is 11.8. The topological polar surface area (TPSA) is 45.0 Å². The monoisotopic (exact) mass is 224 g/mol. The Morgan fingerprint density at radius 2 is 2.33 bits per heavy atom. The van der Waals surface area contributed by atoms with E-state index in [2.05, 4.69) is 11.4 Å². The van der Waals surface area contributed by atoms with E-state index in [-0.39, 0.29) is 6.04 Å². The van der Waals surface area contributed by atoms with E-state index in [0.29, 0.717) is 11.6 Å². The molecule has 1 aromatic carbocycles. The van der Waals surface area contributed by atoms with Crippen LogP contribution in [0.3, 0.4) is 0 Å². The molecule has 0 saturated heterocycles. The lowest BCUT2D eigenvalue weighted by Crippen LogP contribution is -2.23. The number of methoxy groups -OCH3 is 1. The summed E-state index contributed by atoms with van der Waals surface area (Å²) in [5.74, 6) is 0.736. The van der Waals surface area contributed by atoms with E-state index < -0.39 is 0 Å². The predicted octanol–water partition coefficient (Wildman–Crippen LogP) is 2.35. The molecule has 0 amide bonds. The first-order valence-corrected chi connectivity index (χ1v) is 5.01. The molecule has 0 bridgehead atoms. The minimum atomic E-state index is -0.203. The second kappa shape index (κ2) is 5.59. The van der Waals surface area contributed by atoms with Crippen LogP contribution in [0.4, 0.5) is 0 Å². The average Bonchev–Trinajstić information content (AvgIpc) is 2.26. The zero-order valence-electron chi connectivity index (χ0n) is 8.75. The van der Waals surface area contributed by atoms with Gasteiger partial charge in [0.15, 0.2) is 0 Å². The predicted molar refractivity (Wildman–Crippen MR) is 59.9 cm³/mol. The van der Waals surface area contributed by atoms with Crippen LogP contribution in [-0.2, 0) is 6.54 Å². The molecule has 0 aliphatic heterocycles. The quantitative estimate of drug-likeness (QED) is 0.854. The summed E-state index contributed by atoms with van der Waals surface area (Å²) < 4.78 is 5.18. The highest BCUT2D eigenvalue weighted by Crippen LogP contribution is 2.25. The molecule has 80 valence electrons. The van der Waals surface area contributed by atoms with Crippen molar-refractivity contribution < 1.29 is 4.74 Å². The molecule has 0 aliphatic rings. The second-order valence-electron chi connectivity index (χ2n) is 3.15. The van der Waals surface area contributed by atoms with Crippen LogP contribution in [0.15, 0.2) is 18.2 Å². The molecule has 0 heterocycles. The van der Waals surface area contributed by atoms with Crippen molar-refractivity contribution in [3.05, 3.63) is 28.8 Å². The van der Waals surface area contributed by atoms with E-state index in [1.54, 1.807) is 20.1 Å². The molecule has 0 spiro atoms. The fraction of sp³-hybridized carbons (Fsp3) is 0.364. The fourth-order valence-electron chi connectivity index (χ4n) is 1.20. The second-order valence-corrected chi connectivity index (χ2v) is 3.56. The van der Waals surface area contributed by atoms with Crippen LogP contribution in [-0.4, -0.2) is 13.2 Å². The lowest BCUT2D eigenvalue weighted by molar-refractivity contribution is 0.407. The van der Waals surface area contributed by atoms with Gasteiger partial charge in [-0.25, -0.2) is 0 Å². The Kier molecular flexibility index (Phi) is 4.41. The Bertz CT molecular complexity index is 373. The van der Waals surface area contributed by atoms with Gasteiger partial charge in [0.25, 0.3) is 0 Å². The van der Waals surface area contributed by atoms with Crippen LogP contribution >= 0.6 is 11.6 Å². The van der Waals surface area contributed by atoms with Crippen molar-refractivity contribution in [2.24, 2.45) is 0 Å².